The van der Waals surface area contributed by atoms with Crippen molar-refractivity contribution in [2.24, 2.45) is 4.40 Å². The van der Waals surface area contributed by atoms with Gasteiger partial charge in [0, 0.05) is 12.6 Å². The Kier molecular flexibility index (Phi) is 5.44. The van der Waals surface area contributed by atoms with E-state index < -0.39 is 15.6 Å². The zero-order chi connectivity index (χ0) is 20.7. The topological polar surface area (TPSA) is 78.8 Å². The highest BCUT2D eigenvalue weighted by Gasteiger charge is 2.31. The molecule has 3 rings (SSSR count). The Morgan fingerprint density at radius 3 is 2.50 bits per heavy atom. The fraction of sp³-hybridized carbons (Fsp3) is 0.263. The first-order valence-electron chi connectivity index (χ1n) is 8.43. The monoisotopic (exact) mass is 439 g/mol. The quantitative estimate of drug-likeness (QED) is 0.790. The average Bonchev–Trinajstić information content (AvgIpc) is 2.88. The summed E-state index contributed by atoms with van der Waals surface area (Å²) in [6.07, 6.45) is 0. The molecule has 1 N–H and O–H groups in total. The SMILES string of the molecule is CN(CC(=O)NC(C)(C)c1ccc(Cl)c(Cl)c1)C1=NS(=O)(=O)c2ccccc21. The van der Waals surface area contributed by atoms with Crippen molar-refractivity contribution in [3.8, 4) is 0 Å². The van der Waals surface area contributed by atoms with Crippen LogP contribution in [0, 0.1) is 0 Å². The number of amides is 1. The van der Waals surface area contributed by atoms with E-state index in [4.69, 9.17) is 23.2 Å². The first kappa shape index (κ1) is 20.6. The number of halogens is 2. The van der Waals surface area contributed by atoms with Gasteiger partial charge in [-0.25, -0.2) is 0 Å². The number of carbonyl (C=O) groups excluding carboxylic acids is 1. The summed E-state index contributed by atoms with van der Waals surface area (Å²) in [6.45, 7) is 3.63. The van der Waals surface area contributed by atoms with Gasteiger partial charge >= 0.3 is 0 Å². The lowest BCUT2D eigenvalue weighted by molar-refractivity contribution is -0.122. The van der Waals surface area contributed by atoms with Crippen LogP contribution in [0.2, 0.25) is 10.0 Å². The van der Waals surface area contributed by atoms with Crippen LogP contribution in [0.4, 0.5) is 0 Å². The zero-order valence-corrected chi connectivity index (χ0v) is 17.9. The number of amidine groups is 1. The smallest absolute Gasteiger partial charge is 0.285 e. The van der Waals surface area contributed by atoms with Crippen LogP contribution in [-0.2, 0) is 20.4 Å². The van der Waals surface area contributed by atoms with Crippen molar-refractivity contribution in [2.75, 3.05) is 13.6 Å². The number of carbonyl (C=O) groups is 1. The maximum Gasteiger partial charge on any atom is 0.285 e. The molecule has 0 unspecified atom stereocenters. The fourth-order valence-electron chi connectivity index (χ4n) is 3.00. The fourth-order valence-corrected chi connectivity index (χ4v) is 4.55. The van der Waals surface area contributed by atoms with E-state index in [1.54, 1.807) is 43.4 Å². The Morgan fingerprint density at radius 1 is 1.14 bits per heavy atom. The lowest BCUT2D eigenvalue weighted by Gasteiger charge is -2.29. The molecule has 9 heteroatoms. The highest BCUT2D eigenvalue weighted by atomic mass is 35.5. The van der Waals surface area contributed by atoms with Crippen LogP contribution in [-0.4, -0.2) is 38.7 Å². The van der Waals surface area contributed by atoms with E-state index in [2.05, 4.69) is 9.71 Å². The van der Waals surface area contributed by atoms with E-state index >= 15 is 0 Å². The van der Waals surface area contributed by atoms with Gasteiger partial charge in [0.2, 0.25) is 5.91 Å². The van der Waals surface area contributed by atoms with Crippen molar-refractivity contribution in [1.82, 2.24) is 10.2 Å². The van der Waals surface area contributed by atoms with Gasteiger partial charge in [0.15, 0.2) is 5.84 Å². The predicted molar refractivity (Wildman–Crippen MR) is 110 cm³/mol. The highest BCUT2D eigenvalue weighted by molar-refractivity contribution is 7.90. The van der Waals surface area contributed by atoms with Crippen molar-refractivity contribution in [2.45, 2.75) is 24.3 Å². The summed E-state index contributed by atoms with van der Waals surface area (Å²) in [5, 5.41) is 3.77. The first-order chi connectivity index (χ1) is 13.0. The number of likely N-dealkylation sites (N-methyl/N-ethyl adjacent to an activating group) is 1. The number of sulfonamides is 1. The summed E-state index contributed by atoms with van der Waals surface area (Å²) in [5.74, 6) is -0.0406. The molecular formula is C19H19Cl2N3O3S. The van der Waals surface area contributed by atoms with Gasteiger partial charge in [0.1, 0.15) is 4.90 Å². The number of rotatable bonds is 4. The zero-order valence-electron chi connectivity index (χ0n) is 15.5. The van der Waals surface area contributed by atoms with Crippen molar-refractivity contribution < 1.29 is 13.2 Å². The number of nitrogens with zero attached hydrogens (tertiary/aromatic N) is 2. The third kappa shape index (κ3) is 4.01. The van der Waals surface area contributed by atoms with Gasteiger partial charge in [0.05, 0.1) is 22.1 Å². The lowest BCUT2D eigenvalue weighted by Crippen LogP contribution is -2.46. The van der Waals surface area contributed by atoms with Crippen LogP contribution >= 0.6 is 23.2 Å². The molecule has 0 aromatic heterocycles. The molecule has 28 heavy (non-hydrogen) atoms. The Morgan fingerprint density at radius 2 is 1.82 bits per heavy atom. The van der Waals surface area contributed by atoms with E-state index in [1.807, 2.05) is 13.8 Å². The molecule has 6 nitrogen and oxygen atoms in total. The van der Waals surface area contributed by atoms with Gasteiger partial charge in [-0.1, -0.05) is 41.4 Å². The standard InChI is InChI=1S/C19H19Cl2N3O3S/c1-19(2,12-8-9-14(20)15(21)10-12)22-17(25)11-24(3)18-13-6-4-5-7-16(13)28(26,27)23-18/h4-10H,11H2,1-3H3,(H,22,25). The van der Waals surface area contributed by atoms with Crippen molar-refractivity contribution in [3.05, 3.63) is 63.6 Å². The summed E-state index contributed by atoms with van der Waals surface area (Å²) < 4.78 is 28.2. The van der Waals surface area contributed by atoms with Crippen LogP contribution in [0.3, 0.4) is 0 Å². The maximum absolute atomic E-state index is 12.6. The molecule has 0 radical (unpaired) electrons. The molecular weight excluding hydrogens is 421 g/mol. The van der Waals surface area contributed by atoms with Gasteiger partial charge in [-0.15, -0.1) is 4.40 Å². The van der Waals surface area contributed by atoms with Crippen molar-refractivity contribution in [1.29, 1.82) is 0 Å². The molecule has 1 aliphatic rings. The molecule has 2 aromatic rings. The number of hydrogen-bond acceptors (Lipinski definition) is 4. The average molecular weight is 440 g/mol. The second kappa shape index (κ2) is 7.39. The van der Waals surface area contributed by atoms with Crippen LogP contribution in [0.5, 0.6) is 0 Å². The molecule has 0 saturated carbocycles. The van der Waals surface area contributed by atoms with E-state index in [0.717, 1.165) is 5.56 Å². The van der Waals surface area contributed by atoms with Crippen LogP contribution in [0.1, 0.15) is 25.0 Å². The normalized spacial score (nSPS) is 15.0. The second-order valence-corrected chi connectivity index (χ2v) is 9.43. The number of benzene rings is 2. The van der Waals surface area contributed by atoms with E-state index in [-0.39, 0.29) is 23.2 Å². The summed E-state index contributed by atoms with van der Waals surface area (Å²) in [5.41, 5.74) is 0.582. The van der Waals surface area contributed by atoms with Crippen LogP contribution < -0.4 is 5.32 Å². The van der Waals surface area contributed by atoms with Gasteiger partial charge in [-0.05, 0) is 43.7 Å². The Labute approximate surface area is 174 Å². The Bertz CT molecular complexity index is 1080. The Balaban J connectivity index is 1.75. The second-order valence-electron chi connectivity index (χ2n) is 7.04. The van der Waals surface area contributed by atoms with Crippen LogP contribution in [0.15, 0.2) is 51.8 Å². The molecule has 1 amide bonds. The predicted octanol–water partition coefficient (Wildman–Crippen LogP) is 3.43. The minimum absolute atomic E-state index is 0.0621. The molecule has 0 fully saturated rings. The van der Waals surface area contributed by atoms with Gasteiger partial charge in [-0.2, -0.15) is 8.42 Å². The lowest BCUT2D eigenvalue weighted by atomic mass is 9.94. The summed E-state index contributed by atoms with van der Waals surface area (Å²) in [6, 6.07) is 11.7. The maximum atomic E-state index is 12.6. The number of nitrogens with one attached hydrogen (secondary N) is 1. The third-order valence-corrected chi connectivity index (χ3v) is 6.51. The minimum atomic E-state index is -3.74. The molecule has 2 aromatic carbocycles. The number of hydrogen-bond donors (Lipinski definition) is 1. The Hall–Kier alpha value is -2.09. The molecule has 0 bridgehead atoms. The minimum Gasteiger partial charge on any atom is -0.349 e. The summed E-state index contributed by atoms with van der Waals surface area (Å²) in [7, 11) is -2.11. The van der Waals surface area contributed by atoms with E-state index in [9.17, 15) is 13.2 Å². The number of fused-ring (bicyclic) bond motifs is 1. The molecule has 1 heterocycles. The van der Waals surface area contributed by atoms with E-state index in [0.29, 0.717) is 15.6 Å². The van der Waals surface area contributed by atoms with Gasteiger partial charge in [0.25, 0.3) is 10.0 Å². The molecule has 0 spiro atoms. The van der Waals surface area contributed by atoms with Gasteiger partial charge in [-0.3, -0.25) is 4.79 Å². The molecule has 0 aliphatic carbocycles. The molecule has 1 aliphatic heterocycles. The molecule has 0 saturated heterocycles. The summed E-state index contributed by atoms with van der Waals surface area (Å²) >= 11 is 12.0. The van der Waals surface area contributed by atoms with E-state index in [1.165, 1.54) is 11.0 Å². The third-order valence-electron chi connectivity index (χ3n) is 4.45. The van der Waals surface area contributed by atoms with Gasteiger partial charge < -0.3 is 10.2 Å². The molecule has 148 valence electrons. The highest BCUT2D eigenvalue weighted by Crippen LogP contribution is 2.29. The van der Waals surface area contributed by atoms with Crippen LogP contribution in [0.25, 0.3) is 0 Å². The van der Waals surface area contributed by atoms with Crippen molar-refractivity contribution in [3.63, 3.8) is 0 Å². The first-order valence-corrected chi connectivity index (χ1v) is 10.6. The van der Waals surface area contributed by atoms with Crippen molar-refractivity contribution >= 4 is 45.0 Å². The summed E-state index contributed by atoms with van der Waals surface area (Å²) in [4.78, 5) is 14.3. The molecule has 0 atom stereocenters. The largest absolute Gasteiger partial charge is 0.349 e.